The lowest BCUT2D eigenvalue weighted by molar-refractivity contribution is -0.142. The normalized spacial score (nSPS) is 16.1. The molecule has 8 nitrogen and oxygen atoms in total. The van der Waals surface area contributed by atoms with E-state index in [4.69, 9.17) is 0 Å². The molecule has 1 aromatic heterocycles. The van der Waals surface area contributed by atoms with Gasteiger partial charge in [-0.2, -0.15) is 0 Å². The number of imide groups is 1. The summed E-state index contributed by atoms with van der Waals surface area (Å²) in [5, 5.41) is 12.7. The smallest absolute Gasteiger partial charge is 0.332 e. The summed E-state index contributed by atoms with van der Waals surface area (Å²) in [6, 6.07) is 9.68. The molecule has 0 saturated carbocycles. The number of urea groups is 1. The molecule has 0 spiro atoms. The van der Waals surface area contributed by atoms with Crippen molar-refractivity contribution < 1.29 is 19.5 Å². The summed E-state index contributed by atoms with van der Waals surface area (Å²) in [5.41, 5.74) is 0.373. The molecule has 2 heterocycles. The van der Waals surface area contributed by atoms with Gasteiger partial charge >= 0.3 is 12.0 Å². The van der Waals surface area contributed by atoms with Crippen molar-refractivity contribution in [3.8, 4) is 0 Å². The van der Waals surface area contributed by atoms with Gasteiger partial charge in [0.1, 0.15) is 11.4 Å². The van der Waals surface area contributed by atoms with Gasteiger partial charge in [0, 0.05) is 18.4 Å². The number of pyridine rings is 1. The second-order valence-electron chi connectivity index (χ2n) is 9.57. The van der Waals surface area contributed by atoms with Gasteiger partial charge in [-0.05, 0) is 82.2 Å². The molecule has 36 heavy (non-hydrogen) atoms. The van der Waals surface area contributed by atoms with Gasteiger partial charge in [0.25, 0.3) is 5.91 Å². The first kappa shape index (κ1) is 26.4. The van der Waals surface area contributed by atoms with E-state index in [1.165, 1.54) is 4.90 Å². The second-order valence-corrected chi connectivity index (χ2v) is 9.57. The zero-order valence-corrected chi connectivity index (χ0v) is 21.3. The van der Waals surface area contributed by atoms with Crippen molar-refractivity contribution in [2.45, 2.75) is 52.1 Å². The molecule has 1 aromatic carbocycles. The van der Waals surface area contributed by atoms with E-state index in [2.05, 4.69) is 16.9 Å². The Morgan fingerprint density at radius 2 is 1.86 bits per heavy atom. The zero-order valence-electron chi connectivity index (χ0n) is 21.3. The van der Waals surface area contributed by atoms with E-state index < -0.39 is 23.0 Å². The third-order valence-electron chi connectivity index (χ3n) is 6.33. The second kappa shape index (κ2) is 10.2. The number of hydrogen-bond donors (Lipinski definition) is 2. The van der Waals surface area contributed by atoms with Crippen LogP contribution in [0.25, 0.3) is 0 Å². The topological polar surface area (TPSA) is 103 Å². The van der Waals surface area contributed by atoms with Crippen molar-refractivity contribution >= 4 is 29.4 Å². The molecule has 188 valence electrons. The number of nitrogens with zero attached hydrogens (tertiary/aromatic N) is 3. The van der Waals surface area contributed by atoms with Crippen LogP contribution in [-0.2, 0) is 21.5 Å². The van der Waals surface area contributed by atoms with E-state index in [0.29, 0.717) is 17.1 Å². The van der Waals surface area contributed by atoms with Crippen molar-refractivity contribution in [1.29, 1.82) is 0 Å². The number of aliphatic carboxylic acids is 1. The third kappa shape index (κ3) is 5.07. The number of rotatable bonds is 9. The fourth-order valence-corrected chi connectivity index (χ4v) is 3.81. The molecule has 1 fully saturated rings. The maximum absolute atomic E-state index is 13.4. The van der Waals surface area contributed by atoms with E-state index in [1.54, 1.807) is 70.3 Å². The van der Waals surface area contributed by atoms with Crippen LogP contribution in [0.15, 0.2) is 79.2 Å². The maximum atomic E-state index is 13.4. The van der Waals surface area contributed by atoms with Crippen LogP contribution < -0.4 is 10.2 Å². The summed E-state index contributed by atoms with van der Waals surface area (Å²) in [6.45, 7) is 12.6. The standard InChI is InChI=1S/C28H32N4O4/c1-7-9-10-21(8-2)30-23-17-19(15-16-29-23)18-31-26(36)32(24(33)28(31,5)6)22-13-11-20(12-14-22)27(3,4)25(34)35/h7-17H,2,18H2,1,3-6H3,(H,29,30)(H,34,35)/b9-7-,21-10+. The molecular formula is C28H32N4O4. The first-order valence-electron chi connectivity index (χ1n) is 11.6. The quantitative estimate of drug-likeness (QED) is 0.369. The van der Waals surface area contributed by atoms with Crippen molar-refractivity contribution in [3.63, 3.8) is 0 Å². The van der Waals surface area contributed by atoms with Gasteiger partial charge in [-0.15, -0.1) is 0 Å². The van der Waals surface area contributed by atoms with Gasteiger partial charge in [0.05, 0.1) is 11.1 Å². The molecule has 3 rings (SSSR count). The van der Waals surface area contributed by atoms with Crippen LogP contribution in [0.5, 0.6) is 0 Å². The first-order chi connectivity index (χ1) is 16.9. The molecule has 2 N–H and O–H groups in total. The molecule has 1 aliphatic heterocycles. The number of carboxylic acid groups (broad SMARTS) is 1. The highest BCUT2D eigenvalue weighted by Crippen LogP contribution is 2.34. The Morgan fingerprint density at radius 3 is 2.44 bits per heavy atom. The summed E-state index contributed by atoms with van der Waals surface area (Å²) in [6.07, 6.45) is 8.98. The monoisotopic (exact) mass is 488 g/mol. The SMILES string of the molecule is C=C/C(=C\C=C/C)Nc1cc(CN2C(=O)N(c3ccc(C(C)(C)C(=O)O)cc3)C(=O)C2(C)C)ccn1. The number of carbonyl (C=O) groups excluding carboxylic acids is 2. The highest BCUT2D eigenvalue weighted by molar-refractivity contribution is 6.22. The number of anilines is 2. The lowest BCUT2D eigenvalue weighted by atomic mass is 9.85. The molecule has 2 aromatic rings. The van der Waals surface area contributed by atoms with E-state index >= 15 is 0 Å². The van der Waals surface area contributed by atoms with E-state index in [9.17, 15) is 19.5 Å². The van der Waals surface area contributed by atoms with Crippen LogP contribution in [0, 0.1) is 0 Å². The fourth-order valence-electron chi connectivity index (χ4n) is 3.81. The highest BCUT2D eigenvalue weighted by Gasteiger charge is 2.51. The van der Waals surface area contributed by atoms with Crippen molar-refractivity contribution in [2.24, 2.45) is 0 Å². The number of carboxylic acids is 1. The summed E-state index contributed by atoms with van der Waals surface area (Å²) in [7, 11) is 0. The lowest BCUT2D eigenvalue weighted by Gasteiger charge is -2.27. The van der Waals surface area contributed by atoms with Gasteiger partial charge in [0.2, 0.25) is 0 Å². The summed E-state index contributed by atoms with van der Waals surface area (Å²) < 4.78 is 0. The molecule has 0 radical (unpaired) electrons. The molecule has 0 atom stereocenters. The van der Waals surface area contributed by atoms with Crippen molar-refractivity contribution in [3.05, 3.63) is 90.3 Å². The number of hydrogen-bond acceptors (Lipinski definition) is 5. The van der Waals surface area contributed by atoms with E-state index in [-0.39, 0.29) is 12.5 Å². The van der Waals surface area contributed by atoms with Gasteiger partial charge in [-0.1, -0.05) is 30.9 Å². The summed E-state index contributed by atoms with van der Waals surface area (Å²) in [5.74, 6) is -0.722. The van der Waals surface area contributed by atoms with Crippen LogP contribution in [0.1, 0.15) is 45.7 Å². The number of aromatic nitrogens is 1. The van der Waals surface area contributed by atoms with Crippen molar-refractivity contribution in [2.75, 3.05) is 10.2 Å². The van der Waals surface area contributed by atoms with Crippen LogP contribution in [0.4, 0.5) is 16.3 Å². The van der Waals surface area contributed by atoms with Gasteiger partial charge in [0.15, 0.2) is 0 Å². The van der Waals surface area contributed by atoms with Crippen LogP contribution >= 0.6 is 0 Å². The Balaban J connectivity index is 1.85. The largest absolute Gasteiger partial charge is 0.481 e. The molecule has 0 unspecified atom stereocenters. The number of amides is 3. The number of carbonyl (C=O) groups is 3. The predicted molar refractivity (Wildman–Crippen MR) is 141 cm³/mol. The van der Waals surface area contributed by atoms with Crippen LogP contribution in [-0.4, -0.2) is 38.4 Å². The Labute approximate surface area is 211 Å². The number of benzene rings is 1. The minimum absolute atomic E-state index is 0.206. The van der Waals surface area contributed by atoms with E-state index in [0.717, 1.165) is 16.2 Å². The average molecular weight is 489 g/mol. The Hall–Kier alpha value is -4.20. The molecule has 1 saturated heterocycles. The number of allylic oxidation sites excluding steroid dienone is 4. The minimum atomic E-state index is -1.09. The van der Waals surface area contributed by atoms with E-state index in [1.807, 2.05) is 31.2 Å². The lowest BCUT2D eigenvalue weighted by Crippen LogP contribution is -2.43. The maximum Gasteiger partial charge on any atom is 0.332 e. The number of nitrogens with one attached hydrogen (secondary N) is 1. The van der Waals surface area contributed by atoms with Crippen LogP contribution in [0.2, 0.25) is 0 Å². The third-order valence-corrected chi connectivity index (χ3v) is 6.33. The molecule has 0 bridgehead atoms. The predicted octanol–water partition coefficient (Wildman–Crippen LogP) is 5.25. The van der Waals surface area contributed by atoms with Gasteiger partial charge < -0.3 is 15.3 Å². The Morgan fingerprint density at radius 1 is 1.19 bits per heavy atom. The molecule has 0 aliphatic carbocycles. The highest BCUT2D eigenvalue weighted by atomic mass is 16.4. The Bertz CT molecular complexity index is 1240. The first-order valence-corrected chi connectivity index (χ1v) is 11.6. The summed E-state index contributed by atoms with van der Waals surface area (Å²) in [4.78, 5) is 45.3. The summed E-state index contributed by atoms with van der Waals surface area (Å²) >= 11 is 0. The minimum Gasteiger partial charge on any atom is -0.481 e. The molecular weight excluding hydrogens is 456 g/mol. The fraction of sp³-hybridized carbons (Fsp3) is 0.286. The van der Waals surface area contributed by atoms with Gasteiger partial charge in [-0.3, -0.25) is 9.59 Å². The van der Waals surface area contributed by atoms with Crippen LogP contribution in [0.3, 0.4) is 0 Å². The average Bonchev–Trinajstić information content (AvgIpc) is 3.01. The molecule has 8 heteroatoms. The van der Waals surface area contributed by atoms with Crippen molar-refractivity contribution in [1.82, 2.24) is 9.88 Å². The Kier molecular flexibility index (Phi) is 7.48. The molecule has 1 aliphatic rings. The molecule has 3 amide bonds. The van der Waals surface area contributed by atoms with Gasteiger partial charge in [-0.25, -0.2) is 14.7 Å². The zero-order chi connectivity index (χ0) is 26.7.